The van der Waals surface area contributed by atoms with E-state index in [0.717, 1.165) is 0 Å². The van der Waals surface area contributed by atoms with Crippen molar-refractivity contribution in [1.29, 1.82) is 5.26 Å². The number of benzene rings is 2. The number of rotatable bonds is 3. The lowest BCUT2D eigenvalue weighted by Crippen LogP contribution is -1.97. The Bertz CT molecular complexity index is 677. The number of methoxy groups -OCH3 is 1. The minimum absolute atomic E-state index is 0.212. The molecular formula is C14H9BrClFN2O. The monoisotopic (exact) mass is 354 g/mol. The van der Waals surface area contributed by atoms with Crippen LogP contribution in [0.3, 0.4) is 0 Å². The van der Waals surface area contributed by atoms with Crippen molar-refractivity contribution < 1.29 is 9.13 Å². The van der Waals surface area contributed by atoms with Crippen molar-refractivity contribution in [2.24, 2.45) is 0 Å². The summed E-state index contributed by atoms with van der Waals surface area (Å²) in [6.45, 7) is 0. The Morgan fingerprint density at radius 3 is 2.70 bits per heavy atom. The van der Waals surface area contributed by atoms with Crippen LogP contribution in [0.4, 0.5) is 15.8 Å². The van der Waals surface area contributed by atoms with Gasteiger partial charge in [-0.15, -0.1) is 0 Å². The molecule has 0 bridgehead atoms. The van der Waals surface area contributed by atoms with Gasteiger partial charge in [0.25, 0.3) is 0 Å². The lowest BCUT2D eigenvalue weighted by molar-refractivity contribution is 0.415. The summed E-state index contributed by atoms with van der Waals surface area (Å²) in [6, 6.07) is 9.54. The van der Waals surface area contributed by atoms with Crippen LogP contribution in [0.1, 0.15) is 5.56 Å². The first-order valence-electron chi connectivity index (χ1n) is 5.55. The fourth-order valence-corrected chi connectivity index (χ4v) is 2.55. The molecular weight excluding hydrogens is 347 g/mol. The number of nitrogens with zero attached hydrogens (tertiary/aromatic N) is 1. The molecule has 20 heavy (non-hydrogen) atoms. The van der Waals surface area contributed by atoms with Crippen LogP contribution < -0.4 is 10.1 Å². The quantitative estimate of drug-likeness (QED) is 0.854. The van der Waals surface area contributed by atoms with Gasteiger partial charge >= 0.3 is 0 Å². The lowest BCUT2D eigenvalue weighted by Gasteiger charge is -2.13. The minimum Gasteiger partial charge on any atom is -0.497 e. The summed E-state index contributed by atoms with van der Waals surface area (Å²) in [6.07, 6.45) is 0. The van der Waals surface area contributed by atoms with Crippen LogP contribution in [0.2, 0.25) is 5.02 Å². The predicted molar refractivity (Wildman–Crippen MR) is 80.1 cm³/mol. The Kier molecular flexibility index (Phi) is 4.48. The summed E-state index contributed by atoms with van der Waals surface area (Å²) in [5.74, 6) is 0.152. The van der Waals surface area contributed by atoms with Gasteiger partial charge in [-0.2, -0.15) is 5.26 Å². The molecule has 2 rings (SSSR count). The van der Waals surface area contributed by atoms with E-state index in [2.05, 4.69) is 27.3 Å². The molecule has 0 heterocycles. The van der Waals surface area contributed by atoms with E-state index in [4.69, 9.17) is 21.6 Å². The highest BCUT2D eigenvalue weighted by Crippen LogP contribution is 2.35. The second-order valence-electron chi connectivity index (χ2n) is 3.89. The van der Waals surface area contributed by atoms with Crippen LogP contribution in [0.5, 0.6) is 5.75 Å². The fourth-order valence-electron chi connectivity index (χ4n) is 1.65. The average molecular weight is 356 g/mol. The molecule has 0 aromatic heterocycles. The number of nitriles is 1. The average Bonchev–Trinajstić information content (AvgIpc) is 2.42. The van der Waals surface area contributed by atoms with Gasteiger partial charge < -0.3 is 10.1 Å². The Hall–Kier alpha value is -1.77. The molecule has 0 fully saturated rings. The van der Waals surface area contributed by atoms with Gasteiger partial charge in [-0.05, 0) is 40.2 Å². The molecule has 0 aliphatic rings. The molecule has 0 atom stereocenters. The van der Waals surface area contributed by atoms with Crippen molar-refractivity contribution in [1.82, 2.24) is 0 Å². The van der Waals surface area contributed by atoms with Crippen LogP contribution in [-0.4, -0.2) is 7.11 Å². The van der Waals surface area contributed by atoms with Gasteiger partial charge in [0.2, 0.25) is 0 Å². The fraction of sp³-hybridized carbons (Fsp3) is 0.0714. The third kappa shape index (κ3) is 3.03. The standard InChI is InChI=1S/C14H9BrClFN2O/c1-20-10-3-2-8(7-18)13(6-10)19-14-11(15)4-9(17)5-12(14)16/h2-6,19H,1H3. The molecule has 0 radical (unpaired) electrons. The first-order valence-corrected chi connectivity index (χ1v) is 6.72. The maximum Gasteiger partial charge on any atom is 0.125 e. The van der Waals surface area contributed by atoms with Gasteiger partial charge in [0.1, 0.15) is 17.6 Å². The lowest BCUT2D eigenvalue weighted by atomic mass is 10.1. The summed E-state index contributed by atoms with van der Waals surface area (Å²) in [4.78, 5) is 0. The van der Waals surface area contributed by atoms with Crippen molar-refractivity contribution in [2.75, 3.05) is 12.4 Å². The van der Waals surface area contributed by atoms with Crippen molar-refractivity contribution in [3.8, 4) is 11.8 Å². The zero-order valence-electron chi connectivity index (χ0n) is 10.4. The first kappa shape index (κ1) is 14.6. The molecule has 0 aliphatic heterocycles. The van der Waals surface area contributed by atoms with Gasteiger partial charge in [0.15, 0.2) is 0 Å². The summed E-state index contributed by atoms with van der Waals surface area (Å²) >= 11 is 9.24. The third-order valence-electron chi connectivity index (χ3n) is 2.61. The molecule has 0 aliphatic carbocycles. The molecule has 2 aromatic carbocycles. The highest BCUT2D eigenvalue weighted by Gasteiger charge is 2.11. The first-order chi connectivity index (χ1) is 9.55. The highest BCUT2D eigenvalue weighted by atomic mass is 79.9. The van der Waals surface area contributed by atoms with Crippen LogP contribution in [0.15, 0.2) is 34.8 Å². The number of nitrogens with one attached hydrogen (secondary N) is 1. The molecule has 3 nitrogen and oxygen atoms in total. The minimum atomic E-state index is -0.446. The van der Waals surface area contributed by atoms with Gasteiger partial charge in [0.05, 0.1) is 29.1 Å². The Balaban J connectivity index is 2.47. The van der Waals surface area contributed by atoms with Crippen LogP contribution in [0.25, 0.3) is 0 Å². The van der Waals surface area contributed by atoms with E-state index in [9.17, 15) is 4.39 Å². The van der Waals surface area contributed by atoms with Crippen LogP contribution in [-0.2, 0) is 0 Å². The molecule has 0 spiro atoms. The molecule has 0 amide bonds. The summed E-state index contributed by atoms with van der Waals surface area (Å²) < 4.78 is 18.8. The second-order valence-corrected chi connectivity index (χ2v) is 5.15. The largest absolute Gasteiger partial charge is 0.497 e. The summed E-state index contributed by atoms with van der Waals surface area (Å²) in [5.41, 5.74) is 1.44. The van der Waals surface area contributed by atoms with Gasteiger partial charge in [0, 0.05) is 10.5 Å². The van der Waals surface area contributed by atoms with Crippen molar-refractivity contribution in [3.05, 3.63) is 51.2 Å². The maximum atomic E-state index is 13.2. The van der Waals surface area contributed by atoms with Gasteiger partial charge in [-0.1, -0.05) is 11.6 Å². The highest BCUT2D eigenvalue weighted by molar-refractivity contribution is 9.10. The molecule has 2 aromatic rings. The molecule has 6 heteroatoms. The Morgan fingerprint density at radius 1 is 1.35 bits per heavy atom. The number of ether oxygens (including phenoxy) is 1. The number of halogens is 3. The molecule has 0 saturated heterocycles. The normalized spacial score (nSPS) is 9.95. The smallest absolute Gasteiger partial charge is 0.125 e. The topological polar surface area (TPSA) is 45.0 Å². The van der Waals surface area contributed by atoms with E-state index in [1.807, 2.05) is 0 Å². The van der Waals surface area contributed by atoms with E-state index in [0.29, 0.717) is 27.2 Å². The Morgan fingerprint density at radius 2 is 2.10 bits per heavy atom. The van der Waals surface area contributed by atoms with Crippen molar-refractivity contribution in [3.63, 3.8) is 0 Å². The van der Waals surface area contributed by atoms with Crippen LogP contribution in [0, 0.1) is 17.1 Å². The molecule has 1 N–H and O–H groups in total. The number of hydrogen-bond acceptors (Lipinski definition) is 3. The van der Waals surface area contributed by atoms with Gasteiger partial charge in [-0.25, -0.2) is 4.39 Å². The zero-order valence-corrected chi connectivity index (χ0v) is 12.7. The SMILES string of the molecule is COc1ccc(C#N)c(Nc2c(Cl)cc(F)cc2Br)c1. The number of anilines is 2. The van der Waals surface area contributed by atoms with Crippen LogP contribution >= 0.6 is 27.5 Å². The van der Waals surface area contributed by atoms with E-state index >= 15 is 0 Å². The van der Waals surface area contributed by atoms with Gasteiger partial charge in [-0.3, -0.25) is 0 Å². The second kappa shape index (κ2) is 6.12. The summed E-state index contributed by atoms with van der Waals surface area (Å²) in [5, 5.41) is 12.3. The third-order valence-corrected chi connectivity index (χ3v) is 3.54. The predicted octanol–water partition coefficient (Wildman–Crippen LogP) is 4.87. The zero-order chi connectivity index (χ0) is 14.7. The molecule has 0 saturated carbocycles. The molecule has 102 valence electrons. The number of hydrogen-bond donors (Lipinski definition) is 1. The van der Waals surface area contributed by atoms with E-state index in [1.54, 1.807) is 18.2 Å². The maximum absolute atomic E-state index is 13.2. The van der Waals surface area contributed by atoms with Crippen molar-refractivity contribution in [2.45, 2.75) is 0 Å². The Labute approximate surface area is 129 Å². The molecule has 0 unspecified atom stereocenters. The summed E-state index contributed by atoms with van der Waals surface area (Å²) in [7, 11) is 1.53. The van der Waals surface area contributed by atoms with Crippen molar-refractivity contribution >= 4 is 38.9 Å². The van der Waals surface area contributed by atoms with E-state index < -0.39 is 5.82 Å². The van der Waals surface area contributed by atoms with E-state index in [-0.39, 0.29) is 5.02 Å². The van der Waals surface area contributed by atoms with E-state index in [1.165, 1.54) is 19.2 Å².